The lowest BCUT2D eigenvalue weighted by Gasteiger charge is -2.33. The number of nitrogens with zero attached hydrogens (tertiary/aromatic N) is 2. The van der Waals surface area contributed by atoms with Crippen molar-refractivity contribution in [3.05, 3.63) is 63.1 Å². The van der Waals surface area contributed by atoms with Gasteiger partial charge in [0, 0.05) is 29.6 Å². The van der Waals surface area contributed by atoms with Gasteiger partial charge in [0.2, 0.25) is 0 Å². The maximum absolute atomic E-state index is 13.1. The Labute approximate surface area is 158 Å². The fraction of sp³-hybridized carbons (Fsp3) is 0.278. The van der Waals surface area contributed by atoms with Gasteiger partial charge in [0.1, 0.15) is 0 Å². The SMILES string of the molecule is Cc1c(C(=O)N2CCC(N(N)c3ccsc3)=C(N)C2)cccc1C(F)(F)F. The highest BCUT2D eigenvalue weighted by Crippen LogP contribution is 2.33. The summed E-state index contributed by atoms with van der Waals surface area (Å²) >= 11 is 1.50. The molecule has 1 aliphatic heterocycles. The van der Waals surface area contributed by atoms with Crippen LogP contribution in [0.25, 0.3) is 0 Å². The number of halogens is 3. The summed E-state index contributed by atoms with van der Waals surface area (Å²) in [5.74, 6) is 5.63. The summed E-state index contributed by atoms with van der Waals surface area (Å²) in [6, 6.07) is 5.48. The van der Waals surface area contributed by atoms with E-state index in [1.54, 1.807) is 0 Å². The third-order valence-electron chi connectivity index (χ3n) is 4.58. The maximum Gasteiger partial charge on any atom is 0.416 e. The van der Waals surface area contributed by atoms with Crippen LogP contribution < -0.4 is 16.6 Å². The summed E-state index contributed by atoms with van der Waals surface area (Å²) in [6.07, 6.45) is -4.09. The van der Waals surface area contributed by atoms with Gasteiger partial charge in [-0.2, -0.15) is 24.5 Å². The second kappa shape index (κ2) is 7.24. The zero-order valence-corrected chi connectivity index (χ0v) is 15.4. The van der Waals surface area contributed by atoms with Gasteiger partial charge in [0.15, 0.2) is 0 Å². The van der Waals surface area contributed by atoms with E-state index >= 15 is 0 Å². The Hall–Kier alpha value is -2.52. The highest BCUT2D eigenvalue weighted by atomic mass is 32.1. The lowest BCUT2D eigenvalue weighted by molar-refractivity contribution is -0.138. The predicted octanol–water partition coefficient (Wildman–Crippen LogP) is 3.47. The molecule has 1 aromatic carbocycles. The van der Waals surface area contributed by atoms with Crippen LogP contribution in [0.4, 0.5) is 18.9 Å². The molecule has 0 saturated carbocycles. The van der Waals surface area contributed by atoms with Crippen LogP contribution in [-0.2, 0) is 6.18 Å². The van der Waals surface area contributed by atoms with Crippen molar-refractivity contribution >= 4 is 22.9 Å². The van der Waals surface area contributed by atoms with Crippen molar-refractivity contribution in [3.8, 4) is 0 Å². The van der Waals surface area contributed by atoms with Crippen molar-refractivity contribution in [1.82, 2.24) is 4.90 Å². The molecule has 3 rings (SSSR count). The molecule has 0 radical (unpaired) electrons. The fourth-order valence-corrected chi connectivity index (χ4v) is 3.75. The third kappa shape index (κ3) is 3.79. The first-order valence-corrected chi connectivity index (χ1v) is 9.15. The maximum atomic E-state index is 13.1. The minimum absolute atomic E-state index is 0.0310. The molecule has 9 heteroatoms. The number of alkyl halides is 3. The van der Waals surface area contributed by atoms with E-state index in [4.69, 9.17) is 11.6 Å². The van der Waals surface area contributed by atoms with E-state index < -0.39 is 17.6 Å². The van der Waals surface area contributed by atoms with Gasteiger partial charge in [-0.1, -0.05) is 6.07 Å². The summed E-state index contributed by atoms with van der Waals surface area (Å²) in [7, 11) is 0. The molecule has 0 atom stereocenters. The number of thiophene rings is 1. The Morgan fingerprint density at radius 2 is 2.04 bits per heavy atom. The summed E-state index contributed by atoms with van der Waals surface area (Å²) in [5, 5.41) is 5.26. The molecule has 27 heavy (non-hydrogen) atoms. The Kier molecular flexibility index (Phi) is 5.16. The molecular weight excluding hydrogens is 377 g/mol. The molecule has 5 nitrogen and oxygen atoms in total. The molecule has 0 unspecified atom stereocenters. The number of rotatable bonds is 3. The van der Waals surface area contributed by atoms with Gasteiger partial charge in [-0.15, -0.1) is 0 Å². The van der Waals surface area contributed by atoms with Gasteiger partial charge in [0.25, 0.3) is 5.91 Å². The number of carbonyl (C=O) groups excluding carboxylic acids is 1. The number of nitrogens with two attached hydrogens (primary N) is 2. The number of carbonyl (C=O) groups is 1. The van der Waals surface area contributed by atoms with Crippen molar-refractivity contribution in [2.24, 2.45) is 11.6 Å². The van der Waals surface area contributed by atoms with Crippen LogP contribution in [0.2, 0.25) is 0 Å². The largest absolute Gasteiger partial charge is 0.416 e. The Bertz CT molecular complexity index is 877. The van der Waals surface area contributed by atoms with Crippen molar-refractivity contribution in [2.75, 3.05) is 18.1 Å². The Morgan fingerprint density at radius 3 is 2.63 bits per heavy atom. The molecule has 0 bridgehead atoms. The van der Waals surface area contributed by atoms with E-state index in [0.717, 1.165) is 11.8 Å². The zero-order valence-electron chi connectivity index (χ0n) is 14.6. The highest BCUT2D eigenvalue weighted by Gasteiger charge is 2.34. The smallest absolute Gasteiger partial charge is 0.399 e. The number of anilines is 1. The molecule has 144 valence electrons. The molecule has 0 spiro atoms. The number of benzene rings is 1. The number of hydrogen-bond donors (Lipinski definition) is 2. The van der Waals surface area contributed by atoms with E-state index in [1.165, 1.54) is 40.3 Å². The number of hydrogen-bond acceptors (Lipinski definition) is 5. The molecule has 0 fully saturated rings. The average Bonchev–Trinajstić information content (AvgIpc) is 3.14. The van der Waals surface area contributed by atoms with E-state index in [9.17, 15) is 18.0 Å². The van der Waals surface area contributed by atoms with E-state index in [2.05, 4.69) is 0 Å². The fourth-order valence-electron chi connectivity index (χ4n) is 3.12. The first-order valence-electron chi connectivity index (χ1n) is 8.20. The van der Waals surface area contributed by atoms with Crippen molar-refractivity contribution in [3.63, 3.8) is 0 Å². The Balaban J connectivity index is 1.83. The molecule has 1 aliphatic rings. The molecule has 1 amide bonds. The van der Waals surface area contributed by atoms with Gasteiger partial charge < -0.3 is 10.6 Å². The predicted molar refractivity (Wildman–Crippen MR) is 98.9 cm³/mol. The van der Waals surface area contributed by atoms with Crippen molar-refractivity contribution in [2.45, 2.75) is 19.5 Å². The lowest BCUT2D eigenvalue weighted by Crippen LogP contribution is -2.44. The van der Waals surface area contributed by atoms with E-state index in [-0.39, 0.29) is 17.7 Å². The topological polar surface area (TPSA) is 75.6 Å². The van der Waals surface area contributed by atoms with E-state index in [0.29, 0.717) is 24.4 Å². The van der Waals surface area contributed by atoms with Crippen molar-refractivity contribution in [1.29, 1.82) is 0 Å². The Morgan fingerprint density at radius 1 is 1.30 bits per heavy atom. The van der Waals surface area contributed by atoms with Gasteiger partial charge in [-0.3, -0.25) is 9.80 Å². The number of amides is 1. The van der Waals surface area contributed by atoms with Crippen LogP contribution in [0.1, 0.15) is 27.9 Å². The minimum Gasteiger partial charge on any atom is -0.399 e. The van der Waals surface area contributed by atoms with Crippen molar-refractivity contribution < 1.29 is 18.0 Å². The molecule has 2 heterocycles. The lowest BCUT2D eigenvalue weighted by atomic mass is 10.00. The van der Waals surface area contributed by atoms with E-state index in [1.807, 2.05) is 16.8 Å². The molecule has 2 aromatic rings. The van der Waals surface area contributed by atoms with Gasteiger partial charge in [0.05, 0.1) is 23.5 Å². The first-order chi connectivity index (χ1) is 12.7. The summed E-state index contributed by atoms with van der Waals surface area (Å²) in [5.41, 5.74) is 7.19. The quantitative estimate of drug-likeness (QED) is 0.615. The normalized spacial score (nSPS) is 15.2. The summed E-state index contributed by atoms with van der Waals surface area (Å²) in [6.45, 7) is 1.74. The second-order valence-electron chi connectivity index (χ2n) is 6.28. The molecule has 1 aromatic heterocycles. The molecule has 4 N–H and O–H groups in total. The zero-order chi connectivity index (χ0) is 19.8. The molecule has 0 aliphatic carbocycles. The van der Waals surface area contributed by atoms with Crippen LogP contribution in [0, 0.1) is 6.92 Å². The standard InChI is InChI=1S/C18H19F3N4OS/c1-11-13(3-2-4-14(11)18(19,20)21)17(26)24-7-5-16(15(22)9-24)25(23)12-6-8-27-10-12/h2-4,6,8,10H,5,7,9,22-23H2,1H3. The van der Waals surface area contributed by atoms with Crippen LogP contribution in [0.15, 0.2) is 46.4 Å². The number of hydrazine groups is 1. The van der Waals surface area contributed by atoms with Crippen LogP contribution in [0.3, 0.4) is 0 Å². The molecule has 0 saturated heterocycles. The van der Waals surface area contributed by atoms with Crippen LogP contribution in [0.5, 0.6) is 0 Å². The summed E-state index contributed by atoms with van der Waals surface area (Å²) in [4.78, 5) is 14.2. The second-order valence-corrected chi connectivity index (χ2v) is 7.06. The van der Waals surface area contributed by atoms with Crippen LogP contribution in [-0.4, -0.2) is 23.9 Å². The van der Waals surface area contributed by atoms with Gasteiger partial charge in [-0.05, 0) is 36.1 Å². The first kappa shape index (κ1) is 19.2. The van der Waals surface area contributed by atoms with Crippen LogP contribution >= 0.6 is 11.3 Å². The third-order valence-corrected chi connectivity index (χ3v) is 5.25. The van der Waals surface area contributed by atoms with Gasteiger partial charge in [-0.25, -0.2) is 5.84 Å². The van der Waals surface area contributed by atoms with Gasteiger partial charge >= 0.3 is 6.18 Å². The molecular formula is C18H19F3N4OS. The average molecular weight is 396 g/mol. The highest BCUT2D eigenvalue weighted by molar-refractivity contribution is 7.08. The minimum atomic E-state index is -4.51. The summed E-state index contributed by atoms with van der Waals surface area (Å²) < 4.78 is 39.3. The monoisotopic (exact) mass is 396 g/mol.